The second-order valence-electron chi connectivity index (χ2n) is 8.05. The Balaban J connectivity index is 1.40. The Kier molecular flexibility index (Phi) is 6.00. The second-order valence-corrected chi connectivity index (χ2v) is 8.05. The number of benzene rings is 3. The molecule has 6 heteroatoms. The van der Waals surface area contributed by atoms with Crippen LogP contribution in [0.4, 0.5) is 20.2 Å². The van der Waals surface area contributed by atoms with E-state index in [2.05, 4.69) is 29.2 Å². The molecule has 0 bridgehead atoms. The summed E-state index contributed by atoms with van der Waals surface area (Å²) in [5.41, 5.74) is 3.20. The van der Waals surface area contributed by atoms with E-state index in [1.165, 1.54) is 12.1 Å². The van der Waals surface area contributed by atoms with Crippen molar-refractivity contribution in [3.63, 3.8) is 0 Å². The lowest BCUT2D eigenvalue weighted by Gasteiger charge is -2.22. The second kappa shape index (κ2) is 8.86. The summed E-state index contributed by atoms with van der Waals surface area (Å²) in [5.74, 6) is -1.49. The van der Waals surface area contributed by atoms with Crippen molar-refractivity contribution in [2.24, 2.45) is 0 Å². The van der Waals surface area contributed by atoms with Crippen molar-refractivity contribution in [2.75, 3.05) is 37.4 Å². The van der Waals surface area contributed by atoms with Crippen LogP contribution in [-0.2, 0) is 0 Å². The molecule has 0 radical (unpaired) electrons. The minimum atomic E-state index is -0.632. The normalized spacial score (nSPS) is 16.0. The first-order chi connectivity index (χ1) is 14.9. The molecule has 4 nitrogen and oxygen atoms in total. The molecule has 0 saturated carbocycles. The van der Waals surface area contributed by atoms with E-state index < -0.39 is 11.6 Å². The average Bonchev–Trinajstić information content (AvgIpc) is 3.25. The van der Waals surface area contributed by atoms with Gasteiger partial charge in [-0.2, -0.15) is 0 Å². The van der Waals surface area contributed by atoms with E-state index in [4.69, 9.17) is 0 Å². The zero-order valence-electron chi connectivity index (χ0n) is 17.6. The van der Waals surface area contributed by atoms with Crippen LogP contribution in [0.5, 0.6) is 0 Å². The van der Waals surface area contributed by atoms with Crippen LogP contribution in [0.1, 0.15) is 16.8 Å². The number of hydrogen-bond acceptors (Lipinski definition) is 3. The van der Waals surface area contributed by atoms with Crippen LogP contribution < -0.4 is 10.2 Å². The first-order valence-corrected chi connectivity index (χ1v) is 10.3. The predicted octanol–water partition coefficient (Wildman–Crippen LogP) is 5.02. The van der Waals surface area contributed by atoms with E-state index in [-0.39, 0.29) is 5.91 Å². The van der Waals surface area contributed by atoms with E-state index in [0.717, 1.165) is 31.3 Å². The lowest BCUT2D eigenvalue weighted by Crippen LogP contribution is -2.31. The standard InChI is InChI=1S/C25H25F2N3O/c1-29(2)22-13-14-30(16-22)21-10-8-20(9-11-21)28-25(31)18-5-3-17(4-6-18)23-12-7-19(26)15-24(23)27/h3-12,15,22H,13-14,16H2,1-2H3,(H,28,31). The van der Waals surface area contributed by atoms with Gasteiger partial charge in [0.25, 0.3) is 5.91 Å². The molecular weight excluding hydrogens is 396 g/mol. The highest BCUT2D eigenvalue weighted by Gasteiger charge is 2.24. The van der Waals surface area contributed by atoms with E-state index in [9.17, 15) is 13.6 Å². The quantitative estimate of drug-likeness (QED) is 0.628. The number of nitrogens with one attached hydrogen (secondary N) is 1. The number of likely N-dealkylation sites (N-methyl/N-ethyl adjacent to an activating group) is 1. The van der Waals surface area contributed by atoms with Crippen LogP contribution in [0, 0.1) is 11.6 Å². The van der Waals surface area contributed by atoms with Crippen LogP contribution >= 0.6 is 0 Å². The zero-order chi connectivity index (χ0) is 22.0. The molecule has 1 aliphatic rings. The van der Waals surface area contributed by atoms with Gasteiger partial charge < -0.3 is 15.1 Å². The number of carbonyl (C=O) groups excluding carboxylic acids is 1. The van der Waals surface area contributed by atoms with Gasteiger partial charge in [0.2, 0.25) is 0 Å². The van der Waals surface area contributed by atoms with Crippen LogP contribution in [-0.4, -0.2) is 44.0 Å². The van der Waals surface area contributed by atoms with Gasteiger partial charge in [0.1, 0.15) is 11.6 Å². The smallest absolute Gasteiger partial charge is 0.255 e. The SMILES string of the molecule is CN(C)C1CCN(c2ccc(NC(=O)c3ccc(-c4ccc(F)cc4F)cc3)cc2)C1. The van der Waals surface area contributed by atoms with Gasteiger partial charge in [0.15, 0.2) is 0 Å². The molecule has 1 saturated heterocycles. The number of halogens is 2. The maximum atomic E-state index is 14.0. The van der Waals surface area contributed by atoms with E-state index in [0.29, 0.717) is 28.4 Å². The summed E-state index contributed by atoms with van der Waals surface area (Å²) >= 11 is 0. The summed E-state index contributed by atoms with van der Waals surface area (Å²) < 4.78 is 27.1. The molecule has 1 heterocycles. The predicted molar refractivity (Wildman–Crippen MR) is 120 cm³/mol. The van der Waals surface area contributed by atoms with Crippen LogP contribution in [0.2, 0.25) is 0 Å². The molecule has 3 aromatic rings. The molecule has 1 unspecified atom stereocenters. The number of anilines is 2. The van der Waals surface area contributed by atoms with Crippen molar-refractivity contribution in [3.05, 3.63) is 83.9 Å². The lowest BCUT2D eigenvalue weighted by molar-refractivity contribution is 0.102. The number of rotatable bonds is 5. The Hall–Kier alpha value is -3.25. The first kappa shape index (κ1) is 21.0. The summed E-state index contributed by atoms with van der Waals surface area (Å²) in [6, 6.07) is 18.4. The molecule has 31 heavy (non-hydrogen) atoms. The Bertz CT molecular complexity index is 1070. The van der Waals surface area contributed by atoms with E-state index >= 15 is 0 Å². The van der Waals surface area contributed by atoms with Gasteiger partial charge in [0.05, 0.1) is 0 Å². The van der Waals surface area contributed by atoms with E-state index in [1.807, 2.05) is 24.3 Å². The number of nitrogens with zero attached hydrogens (tertiary/aromatic N) is 2. The molecule has 1 fully saturated rings. The van der Waals surface area contributed by atoms with Gasteiger partial charge in [-0.05, 0) is 74.6 Å². The lowest BCUT2D eigenvalue weighted by atomic mass is 10.0. The maximum absolute atomic E-state index is 14.0. The number of carbonyl (C=O) groups is 1. The fourth-order valence-electron chi connectivity index (χ4n) is 3.88. The maximum Gasteiger partial charge on any atom is 0.255 e. The van der Waals surface area contributed by atoms with Crippen molar-refractivity contribution < 1.29 is 13.6 Å². The fraction of sp³-hybridized carbons (Fsp3) is 0.240. The average molecular weight is 421 g/mol. The highest BCUT2D eigenvalue weighted by Crippen LogP contribution is 2.25. The minimum absolute atomic E-state index is 0.243. The first-order valence-electron chi connectivity index (χ1n) is 10.3. The molecule has 3 aromatic carbocycles. The molecule has 1 aliphatic heterocycles. The molecule has 4 rings (SSSR count). The number of amides is 1. The van der Waals surface area contributed by atoms with Gasteiger partial charge in [0, 0.05) is 47.7 Å². The third kappa shape index (κ3) is 4.75. The van der Waals surface area contributed by atoms with Crippen molar-refractivity contribution >= 4 is 17.3 Å². The van der Waals surface area contributed by atoms with Crippen molar-refractivity contribution in [2.45, 2.75) is 12.5 Å². The Morgan fingerprint density at radius 2 is 1.71 bits per heavy atom. The summed E-state index contributed by atoms with van der Waals surface area (Å²) in [6.45, 7) is 2.02. The van der Waals surface area contributed by atoms with E-state index in [1.54, 1.807) is 24.3 Å². The Labute approximate surface area is 181 Å². The van der Waals surface area contributed by atoms with Gasteiger partial charge in [-0.15, -0.1) is 0 Å². The van der Waals surface area contributed by atoms with Crippen LogP contribution in [0.25, 0.3) is 11.1 Å². The molecular formula is C25H25F2N3O. The minimum Gasteiger partial charge on any atom is -0.370 e. The summed E-state index contributed by atoms with van der Waals surface area (Å²) in [7, 11) is 4.21. The molecule has 0 spiro atoms. The zero-order valence-corrected chi connectivity index (χ0v) is 17.6. The third-order valence-electron chi connectivity index (χ3n) is 5.77. The molecule has 0 aliphatic carbocycles. The van der Waals surface area contributed by atoms with Crippen LogP contribution in [0.15, 0.2) is 66.7 Å². The molecule has 160 valence electrons. The van der Waals surface area contributed by atoms with Crippen LogP contribution in [0.3, 0.4) is 0 Å². The topological polar surface area (TPSA) is 35.6 Å². The van der Waals surface area contributed by atoms with Gasteiger partial charge in [-0.1, -0.05) is 12.1 Å². The van der Waals surface area contributed by atoms with Crippen molar-refractivity contribution in [1.82, 2.24) is 4.90 Å². The van der Waals surface area contributed by atoms with Gasteiger partial charge in [-0.3, -0.25) is 4.79 Å². The van der Waals surface area contributed by atoms with Gasteiger partial charge in [-0.25, -0.2) is 8.78 Å². The third-order valence-corrected chi connectivity index (χ3v) is 5.77. The summed E-state index contributed by atoms with van der Waals surface area (Å²) in [5, 5.41) is 2.89. The van der Waals surface area contributed by atoms with Crippen molar-refractivity contribution in [1.29, 1.82) is 0 Å². The fourth-order valence-corrected chi connectivity index (χ4v) is 3.88. The highest BCUT2D eigenvalue weighted by molar-refractivity contribution is 6.04. The monoisotopic (exact) mass is 421 g/mol. The molecule has 1 N–H and O–H groups in total. The number of hydrogen-bond donors (Lipinski definition) is 1. The summed E-state index contributed by atoms with van der Waals surface area (Å²) in [4.78, 5) is 17.2. The molecule has 0 aromatic heterocycles. The van der Waals surface area contributed by atoms with Crippen molar-refractivity contribution in [3.8, 4) is 11.1 Å². The Morgan fingerprint density at radius 1 is 1.00 bits per heavy atom. The Morgan fingerprint density at radius 3 is 2.32 bits per heavy atom. The highest BCUT2D eigenvalue weighted by atomic mass is 19.1. The van der Waals surface area contributed by atoms with Gasteiger partial charge >= 0.3 is 0 Å². The largest absolute Gasteiger partial charge is 0.370 e. The molecule has 1 amide bonds. The molecule has 1 atom stereocenters. The summed E-state index contributed by atoms with van der Waals surface area (Å²) in [6.07, 6.45) is 1.14.